The first-order chi connectivity index (χ1) is 8.74. The summed E-state index contributed by atoms with van der Waals surface area (Å²) < 4.78 is 6.25. The number of amides is 1. The van der Waals surface area contributed by atoms with E-state index in [0.717, 1.165) is 10.5 Å². The summed E-state index contributed by atoms with van der Waals surface area (Å²) in [7, 11) is 0. The SMILES string of the molecule is CSc1ccc(-c2cn(CNC=O)oc2=O)cc1. The maximum Gasteiger partial charge on any atom is 0.365 e. The molecule has 0 radical (unpaired) electrons. The van der Waals surface area contributed by atoms with Crippen LogP contribution in [0.2, 0.25) is 0 Å². The van der Waals surface area contributed by atoms with E-state index in [1.807, 2.05) is 30.5 Å². The molecule has 5 nitrogen and oxygen atoms in total. The average Bonchev–Trinajstić information content (AvgIpc) is 2.78. The minimum atomic E-state index is -0.417. The Bertz CT molecular complexity index is 586. The van der Waals surface area contributed by atoms with Gasteiger partial charge in [-0.3, -0.25) is 4.79 Å². The van der Waals surface area contributed by atoms with Gasteiger partial charge in [0.15, 0.2) is 0 Å². The van der Waals surface area contributed by atoms with Gasteiger partial charge in [0, 0.05) is 4.90 Å². The maximum absolute atomic E-state index is 11.6. The average molecular weight is 264 g/mol. The minimum Gasteiger partial charge on any atom is -0.338 e. The van der Waals surface area contributed by atoms with E-state index in [-0.39, 0.29) is 6.67 Å². The third kappa shape index (κ3) is 2.65. The number of aromatic nitrogens is 1. The van der Waals surface area contributed by atoms with Crippen LogP contribution in [0.15, 0.2) is 44.7 Å². The first kappa shape index (κ1) is 12.5. The molecule has 1 amide bonds. The molecule has 0 spiro atoms. The van der Waals surface area contributed by atoms with E-state index in [1.165, 1.54) is 4.74 Å². The van der Waals surface area contributed by atoms with Crippen LogP contribution < -0.4 is 10.9 Å². The maximum atomic E-state index is 11.6. The van der Waals surface area contributed by atoms with E-state index >= 15 is 0 Å². The Morgan fingerprint density at radius 2 is 2.11 bits per heavy atom. The van der Waals surface area contributed by atoms with Gasteiger partial charge in [0.25, 0.3) is 0 Å². The van der Waals surface area contributed by atoms with Crippen molar-refractivity contribution in [2.24, 2.45) is 0 Å². The van der Waals surface area contributed by atoms with Crippen LogP contribution in [0.4, 0.5) is 0 Å². The second-order valence-corrected chi connectivity index (χ2v) is 4.43. The Kier molecular flexibility index (Phi) is 3.88. The molecule has 6 heteroatoms. The lowest BCUT2D eigenvalue weighted by Crippen LogP contribution is -2.15. The predicted molar refractivity (Wildman–Crippen MR) is 69.4 cm³/mol. The fourth-order valence-electron chi connectivity index (χ4n) is 1.55. The molecule has 18 heavy (non-hydrogen) atoms. The van der Waals surface area contributed by atoms with Crippen LogP contribution in [0.25, 0.3) is 11.1 Å². The molecule has 1 N–H and O–H groups in total. The molecular formula is C12H12N2O3S. The van der Waals surface area contributed by atoms with Crippen molar-refractivity contribution < 1.29 is 9.32 Å². The number of carbonyl (C=O) groups is 1. The molecular weight excluding hydrogens is 252 g/mol. The highest BCUT2D eigenvalue weighted by molar-refractivity contribution is 7.98. The molecule has 1 aromatic carbocycles. The van der Waals surface area contributed by atoms with E-state index in [4.69, 9.17) is 4.52 Å². The largest absolute Gasteiger partial charge is 0.365 e. The molecule has 0 saturated heterocycles. The summed E-state index contributed by atoms with van der Waals surface area (Å²) in [4.78, 5) is 22.9. The fourth-order valence-corrected chi connectivity index (χ4v) is 1.96. The number of thioether (sulfide) groups is 1. The van der Waals surface area contributed by atoms with E-state index < -0.39 is 5.63 Å². The highest BCUT2D eigenvalue weighted by atomic mass is 32.2. The normalized spacial score (nSPS) is 10.3. The Hall–Kier alpha value is -1.95. The van der Waals surface area contributed by atoms with Crippen LogP contribution in [-0.2, 0) is 11.5 Å². The topological polar surface area (TPSA) is 64.2 Å². The van der Waals surface area contributed by atoms with Crippen LogP contribution in [0.3, 0.4) is 0 Å². The second kappa shape index (κ2) is 5.59. The van der Waals surface area contributed by atoms with Crippen molar-refractivity contribution in [3.63, 3.8) is 0 Å². The summed E-state index contributed by atoms with van der Waals surface area (Å²) in [6, 6.07) is 7.63. The number of rotatable bonds is 5. The zero-order chi connectivity index (χ0) is 13.0. The number of nitrogens with one attached hydrogen (secondary N) is 1. The molecule has 0 atom stereocenters. The number of nitrogens with zero attached hydrogens (tertiary/aromatic N) is 1. The molecule has 2 rings (SSSR count). The van der Waals surface area contributed by atoms with Crippen molar-refractivity contribution in [2.45, 2.75) is 11.6 Å². The third-order valence-electron chi connectivity index (χ3n) is 2.42. The number of hydrogen-bond acceptors (Lipinski definition) is 4. The van der Waals surface area contributed by atoms with Gasteiger partial charge >= 0.3 is 5.63 Å². The molecule has 0 bridgehead atoms. The standard InChI is InChI=1S/C12H12N2O3S/c1-18-10-4-2-9(3-5-10)11-6-14(7-13-8-15)17-12(11)16/h2-6,8H,7H2,1H3,(H,13,15). The molecule has 0 aliphatic heterocycles. The highest BCUT2D eigenvalue weighted by Gasteiger charge is 2.08. The zero-order valence-electron chi connectivity index (χ0n) is 9.75. The Labute approximate surface area is 108 Å². The monoisotopic (exact) mass is 264 g/mol. The van der Waals surface area contributed by atoms with E-state index in [2.05, 4.69) is 5.32 Å². The van der Waals surface area contributed by atoms with Crippen molar-refractivity contribution in [1.82, 2.24) is 10.1 Å². The summed E-state index contributed by atoms with van der Waals surface area (Å²) in [5, 5.41) is 2.42. The molecule has 1 heterocycles. The van der Waals surface area contributed by atoms with Crippen molar-refractivity contribution >= 4 is 18.2 Å². The molecule has 0 saturated carbocycles. The smallest absolute Gasteiger partial charge is 0.338 e. The summed E-state index contributed by atoms with van der Waals surface area (Å²) in [5.41, 5.74) is 0.862. The highest BCUT2D eigenvalue weighted by Crippen LogP contribution is 2.20. The van der Waals surface area contributed by atoms with Gasteiger partial charge in [-0.05, 0) is 24.0 Å². The van der Waals surface area contributed by atoms with Gasteiger partial charge in [0.2, 0.25) is 6.41 Å². The first-order valence-electron chi connectivity index (χ1n) is 5.27. The first-order valence-corrected chi connectivity index (χ1v) is 6.49. The summed E-state index contributed by atoms with van der Waals surface area (Å²) >= 11 is 1.64. The van der Waals surface area contributed by atoms with Gasteiger partial charge in [0.1, 0.15) is 6.67 Å². The van der Waals surface area contributed by atoms with E-state index in [9.17, 15) is 9.59 Å². The van der Waals surface area contributed by atoms with Crippen molar-refractivity contribution in [3.8, 4) is 11.1 Å². The predicted octanol–water partition coefficient (Wildman–Crippen LogP) is 1.53. The van der Waals surface area contributed by atoms with Crippen LogP contribution in [0.5, 0.6) is 0 Å². The molecule has 0 aliphatic rings. The fraction of sp³-hybridized carbons (Fsp3) is 0.167. The summed E-state index contributed by atoms with van der Waals surface area (Å²) in [5.74, 6) is 0. The lowest BCUT2D eigenvalue weighted by Gasteiger charge is -1.98. The molecule has 94 valence electrons. The van der Waals surface area contributed by atoms with Crippen LogP contribution in [0.1, 0.15) is 0 Å². The number of carbonyl (C=O) groups excluding carboxylic acids is 1. The van der Waals surface area contributed by atoms with Gasteiger partial charge < -0.3 is 9.84 Å². The molecule has 2 aromatic rings. The van der Waals surface area contributed by atoms with Gasteiger partial charge in [-0.15, -0.1) is 11.8 Å². The Morgan fingerprint density at radius 3 is 2.72 bits per heavy atom. The lowest BCUT2D eigenvalue weighted by molar-refractivity contribution is -0.110. The number of hydrogen-bond donors (Lipinski definition) is 1. The third-order valence-corrected chi connectivity index (χ3v) is 3.17. The van der Waals surface area contributed by atoms with Gasteiger partial charge in [-0.25, -0.2) is 4.79 Å². The van der Waals surface area contributed by atoms with E-state index in [1.54, 1.807) is 18.0 Å². The molecule has 0 aliphatic carbocycles. The van der Waals surface area contributed by atoms with Crippen LogP contribution in [-0.4, -0.2) is 17.4 Å². The lowest BCUT2D eigenvalue weighted by atomic mass is 10.1. The van der Waals surface area contributed by atoms with Gasteiger partial charge in [0.05, 0.1) is 11.8 Å². The zero-order valence-corrected chi connectivity index (χ0v) is 10.6. The summed E-state index contributed by atoms with van der Waals surface area (Å²) in [6.45, 7) is 0.141. The van der Waals surface area contributed by atoms with Crippen molar-refractivity contribution in [1.29, 1.82) is 0 Å². The number of benzene rings is 1. The Morgan fingerprint density at radius 1 is 1.39 bits per heavy atom. The minimum absolute atomic E-state index is 0.141. The quantitative estimate of drug-likeness (QED) is 0.657. The van der Waals surface area contributed by atoms with Crippen molar-refractivity contribution in [3.05, 3.63) is 40.9 Å². The molecule has 0 fully saturated rings. The van der Waals surface area contributed by atoms with Crippen molar-refractivity contribution in [2.75, 3.05) is 6.26 Å². The van der Waals surface area contributed by atoms with Gasteiger partial charge in [-0.2, -0.15) is 4.74 Å². The second-order valence-electron chi connectivity index (χ2n) is 3.55. The molecule has 0 unspecified atom stereocenters. The van der Waals surface area contributed by atoms with Crippen LogP contribution >= 0.6 is 11.8 Å². The van der Waals surface area contributed by atoms with Crippen LogP contribution in [0, 0.1) is 0 Å². The molecule has 1 aromatic heterocycles. The Balaban J connectivity index is 2.28. The summed E-state index contributed by atoms with van der Waals surface area (Å²) in [6.07, 6.45) is 4.12. The van der Waals surface area contributed by atoms with Gasteiger partial charge in [-0.1, -0.05) is 12.1 Å². The van der Waals surface area contributed by atoms with E-state index in [0.29, 0.717) is 12.0 Å².